The first-order chi connectivity index (χ1) is 12.6. The standard InChI is InChI=1S/C22H30N2O2.ClH/c1-23(2)17-20-15-19-16-24(14-13-21(19)26-20)22(25)12-8-4-7-11-18-9-5-3-6-10-18;/h3,5-6,9-10,15H,4,7-8,11-14,16-17H2,1-2H3;1H. The summed E-state index contributed by atoms with van der Waals surface area (Å²) in [5.41, 5.74) is 2.57. The molecule has 0 N–H and O–H groups in total. The number of amides is 1. The van der Waals surface area contributed by atoms with Gasteiger partial charge >= 0.3 is 0 Å². The Morgan fingerprint density at radius 2 is 1.93 bits per heavy atom. The summed E-state index contributed by atoms with van der Waals surface area (Å²) in [6.07, 6.45) is 5.84. The van der Waals surface area contributed by atoms with Crippen molar-refractivity contribution in [1.82, 2.24) is 9.80 Å². The topological polar surface area (TPSA) is 36.7 Å². The molecular formula is C22H31ClN2O2. The summed E-state index contributed by atoms with van der Waals surface area (Å²) in [5.74, 6) is 2.34. The van der Waals surface area contributed by atoms with Gasteiger partial charge in [0.25, 0.3) is 0 Å². The molecule has 1 aliphatic heterocycles. The van der Waals surface area contributed by atoms with Gasteiger partial charge in [0.05, 0.1) is 6.54 Å². The minimum Gasteiger partial charge on any atom is -0.464 e. The average Bonchev–Trinajstić information content (AvgIpc) is 3.02. The lowest BCUT2D eigenvalue weighted by Crippen LogP contribution is -2.35. The molecule has 3 rings (SSSR count). The molecule has 0 aliphatic carbocycles. The third kappa shape index (κ3) is 6.40. The Morgan fingerprint density at radius 3 is 2.67 bits per heavy atom. The Hall–Kier alpha value is -1.78. The van der Waals surface area contributed by atoms with E-state index < -0.39 is 0 Å². The Balaban J connectivity index is 0.00000261. The summed E-state index contributed by atoms with van der Waals surface area (Å²) in [7, 11) is 4.07. The van der Waals surface area contributed by atoms with Crippen LogP contribution in [-0.2, 0) is 30.7 Å². The largest absolute Gasteiger partial charge is 0.464 e. The number of halogens is 1. The van der Waals surface area contributed by atoms with Gasteiger partial charge in [0.2, 0.25) is 5.91 Å². The van der Waals surface area contributed by atoms with E-state index in [1.807, 2.05) is 19.0 Å². The van der Waals surface area contributed by atoms with Gasteiger partial charge in [0.1, 0.15) is 11.5 Å². The molecule has 1 aromatic heterocycles. The summed E-state index contributed by atoms with van der Waals surface area (Å²) in [6.45, 7) is 2.29. The van der Waals surface area contributed by atoms with Crippen LogP contribution in [0.1, 0.15) is 48.3 Å². The number of hydrogen-bond donors (Lipinski definition) is 0. The van der Waals surface area contributed by atoms with Crippen molar-refractivity contribution in [3.05, 3.63) is 59.0 Å². The number of benzene rings is 1. The maximum Gasteiger partial charge on any atom is 0.222 e. The minimum absolute atomic E-state index is 0. The summed E-state index contributed by atoms with van der Waals surface area (Å²) in [4.78, 5) is 16.6. The molecule has 148 valence electrons. The highest BCUT2D eigenvalue weighted by atomic mass is 35.5. The fraction of sp³-hybridized carbons (Fsp3) is 0.500. The maximum atomic E-state index is 12.5. The number of furan rings is 1. The van der Waals surface area contributed by atoms with Gasteiger partial charge in [-0.25, -0.2) is 0 Å². The summed E-state index contributed by atoms with van der Waals surface area (Å²) >= 11 is 0. The molecule has 0 saturated heterocycles. The minimum atomic E-state index is 0. The molecular weight excluding hydrogens is 360 g/mol. The van der Waals surface area contributed by atoms with Crippen molar-refractivity contribution >= 4 is 18.3 Å². The molecule has 0 atom stereocenters. The summed E-state index contributed by atoms with van der Waals surface area (Å²) in [6, 6.07) is 12.7. The second-order valence-corrected chi connectivity index (χ2v) is 7.51. The first kappa shape index (κ1) is 21.5. The van der Waals surface area contributed by atoms with Gasteiger partial charge in [-0.05, 0) is 45.0 Å². The fourth-order valence-electron chi connectivity index (χ4n) is 3.58. The van der Waals surface area contributed by atoms with Crippen LogP contribution in [0.15, 0.2) is 40.8 Å². The molecule has 0 saturated carbocycles. The smallest absolute Gasteiger partial charge is 0.222 e. The van der Waals surface area contributed by atoms with E-state index in [9.17, 15) is 4.79 Å². The van der Waals surface area contributed by atoms with Crippen molar-refractivity contribution in [2.24, 2.45) is 0 Å². The third-order valence-corrected chi connectivity index (χ3v) is 4.94. The summed E-state index contributed by atoms with van der Waals surface area (Å²) < 4.78 is 5.92. The van der Waals surface area contributed by atoms with Crippen LogP contribution in [0, 0.1) is 0 Å². The molecule has 5 heteroatoms. The molecule has 0 fully saturated rings. The normalized spacial score (nSPS) is 13.4. The summed E-state index contributed by atoms with van der Waals surface area (Å²) in [5, 5.41) is 0. The lowest BCUT2D eigenvalue weighted by molar-refractivity contribution is -0.132. The predicted octanol–water partition coefficient (Wildman–Crippen LogP) is 4.45. The first-order valence-corrected chi connectivity index (χ1v) is 9.68. The zero-order valence-electron chi connectivity index (χ0n) is 16.4. The van der Waals surface area contributed by atoms with Crippen LogP contribution in [0.25, 0.3) is 0 Å². The maximum absolute atomic E-state index is 12.5. The average molecular weight is 391 g/mol. The molecule has 0 spiro atoms. The molecule has 1 amide bonds. The van der Waals surface area contributed by atoms with E-state index in [1.54, 1.807) is 0 Å². The van der Waals surface area contributed by atoms with Crippen molar-refractivity contribution in [3.8, 4) is 0 Å². The number of carbonyl (C=O) groups excluding carboxylic acids is 1. The van der Waals surface area contributed by atoms with Gasteiger partial charge in [0.15, 0.2) is 0 Å². The second-order valence-electron chi connectivity index (χ2n) is 7.51. The van der Waals surface area contributed by atoms with Crippen molar-refractivity contribution in [2.45, 2.75) is 51.6 Å². The van der Waals surface area contributed by atoms with E-state index in [0.29, 0.717) is 13.0 Å². The van der Waals surface area contributed by atoms with Crippen LogP contribution in [0.5, 0.6) is 0 Å². The number of hydrogen-bond acceptors (Lipinski definition) is 3. The van der Waals surface area contributed by atoms with Crippen LogP contribution in [0.4, 0.5) is 0 Å². The van der Waals surface area contributed by atoms with Crippen LogP contribution in [0.2, 0.25) is 0 Å². The van der Waals surface area contributed by atoms with E-state index in [0.717, 1.165) is 56.7 Å². The van der Waals surface area contributed by atoms with Crippen molar-refractivity contribution < 1.29 is 9.21 Å². The van der Waals surface area contributed by atoms with Crippen molar-refractivity contribution in [2.75, 3.05) is 20.6 Å². The number of nitrogens with zero attached hydrogens (tertiary/aromatic N) is 2. The number of fused-ring (bicyclic) bond motifs is 1. The van der Waals surface area contributed by atoms with Gasteiger partial charge in [-0.3, -0.25) is 4.79 Å². The van der Waals surface area contributed by atoms with E-state index in [4.69, 9.17) is 4.42 Å². The number of carbonyl (C=O) groups is 1. The highest BCUT2D eigenvalue weighted by Crippen LogP contribution is 2.24. The van der Waals surface area contributed by atoms with E-state index in [2.05, 4.69) is 41.3 Å². The molecule has 1 aromatic carbocycles. The van der Waals surface area contributed by atoms with Gasteiger partial charge in [-0.2, -0.15) is 0 Å². The van der Waals surface area contributed by atoms with Gasteiger partial charge in [0, 0.05) is 31.5 Å². The second kappa shape index (κ2) is 10.5. The van der Waals surface area contributed by atoms with Gasteiger partial charge < -0.3 is 14.2 Å². The van der Waals surface area contributed by atoms with Crippen LogP contribution >= 0.6 is 12.4 Å². The fourth-order valence-corrected chi connectivity index (χ4v) is 3.58. The molecule has 27 heavy (non-hydrogen) atoms. The Bertz CT molecular complexity index is 712. The van der Waals surface area contributed by atoms with Crippen molar-refractivity contribution in [1.29, 1.82) is 0 Å². The number of unbranched alkanes of at least 4 members (excludes halogenated alkanes) is 2. The number of rotatable bonds is 8. The third-order valence-electron chi connectivity index (χ3n) is 4.94. The zero-order valence-corrected chi connectivity index (χ0v) is 17.3. The van der Waals surface area contributed by atoms with E-state index in [1.165, 1.54) is 11.1 Å². The first-order valence-electron chi connectivity index (χ1n) is 9.68. The van der Waals surface area contributed by atoms with Crippen LogP contribution in [-0.4, -0.2) is 36.3 Å². The SMILES string of the molecule is CN(C)Cc1cc2c(o1)CCN(C(=O)CCCCCc1ccccc1)C2.Cl. The molecule has 0 bridgehead atoms. The lowest BCUT2D eigenvalue weighted by Gasteiger charge is -2.26. The van der Waals surface area contributed by atoms with E-state index in [-0.39, 0.29) is 18.3 Å². The number of aryl methyl sites for hydroxylation is 1. The lowest BCUT2D eigenvalue weighted by atomic mass is 10.0. The molecule has 1 aliphatic rings. The zero-order chi connectivity index (χ0) is 18.4. The molecule has 0 unspecified atom stereocenters. The van der Waals surface area contributed by atoms with Crippen LogP contribution in [0.3, 0.4) is 0 Å². The Kier molecular flexibility index (Phi) is 8.39. The molecule has 4 nitrogen and oxygen atoms in total. The highest BCUT2D eigenvalue weighted by Gasteiger charge is 2.23. The Labute approximate surface area is 168 Å². The Morgan fingerprint density at radius 1 is 1.15 bits per heavy atom. The molecule has 2 heterocycles. The highest BCUT2D eigenvalue weighted by molar-refractivity contribution is 5.85. The quantitative estimate of drug-likeness (QED) is 0.625. The molecule has 0 radical (unpaired) electrons. The van der Waals surface area contributed by atoms with Gasteiger partial charge in [-0.1, -0.05) is 36.8 Å². The van der Waals surface area contributed by atoms with Gasteiger partial charge in [-0.15, -0.1) is 12.4 Å². The predicted molar refractivity (Wildman–Crippen MR) is 111 cm³/mol. The van der Waals surface area contributed by atoms with E-state index >= 15 is 0 Å². The van der Waals surface area contributed by atoms with Crippen LogP contribution < -0.4 is 0 Å². The van der Waals surface area contributed by atoms with Crippen molar-refractivity contribution in [3.63, 3.8) is 0 Å². The molecule has 2 aromatic rings. The monoisotopic (exact) mass is 390 g/mol.